The molecule has 1 aromatic rings. The molecule has 0 radical (unpaired) electrons. The largest absolute Gasteiger partial charge is 0.313 e. The van der Waals surface area contributed by atoms with E-state index in [0.717, 1.165) is 12.1 Å². The molecule has 0 aliphatic carbocycles. The van der Waals surface area contributed by atoms with Crippen molar-refractivity contribution in [3.63, 3.8) is 0 Å². The van der Waals surface area contributed by atoms with E-state index in [1.165, 1.54) is 51.4 Å². The number of nitrogens with one attached hydrogen (secondary N) is 1. The average Bonchev–Trinajstić information content (AvgIpc) is 2.89. The van der Waals surface area contributed by atoms with Crippen LogP contribution < -0.4 is 5.32 Å². The monoisotopic (exact) mass is 250 g/mol. The van der Waals surface area contributed by atoms with Gasteiger partial charge in [0.05, 0.1) is 0 Å². The highest BCUT2D eigenvalue weighted by molar-refractivity contribution is 5.16. The summed E-state index contributed by atoms with van der Waals surface area (Å²) >= 11 is 0. The van der Waals surface area contributed by atoms with Crippen LogP contribution in [0.25, 0.3) is 0 Å². The summed E-state index contributed by atoms with van der Waals surface area (Å²) in [6.07, 6.45) is 5.15. The average molecular weight is 250 g/mol. The highest BCUT2D eigenvalue weighted by Gasteiger charge is 2.09. The molecule has 1 heterocycles. The molecule has 0 bridgehead atoms. The Kier molecular flexibility index (Phi) is 5.62. The Morgan fingerprint density at radius 3 is 2.67 bits per heavy atom. The van der Waals surface area contributed by atoms with Crippen LogP contribution >= 0.6 is 0 Å². The van der Waals surface area contributed by atoms with Gasteiger partial charge in [0, 0.05) is 12.1 Å². The molecule has 100 valence electrons. The summed E-state index contributed by atoms with van der Waals surface area (Å²) < 4.78 is 13.3. The van der Waals surface area contributed by atoms with E-state index in [9.17, 15) is 4.39 Å². The third-order valence-electron chi connectivity index (χ3n) is 3.55. The Balaban J connectivity index is 1.52. The topological polar surface area (TPSA) is 15.3 Å². The minimum Gasteiger partial charge on any atom is -0.313 e. The van der Waals surface area contributed by atoms with Crippen LogP contribution in [-0.4, -0.2) is 31.1 Å². The standard InChI is InChI=1S/C15H23FN2/c16-15-8-2-1-7-14(15)13-17-9-3-4-10-18-11-5-6-12-18/h1-2,7-8,17H,3-6,9-13H2. The second-order valence-corrected chi connectivity index (χ2v) is 5.02. The van der Waals surface area contributed by atoms with Crippen LogP contribution in [0.4, 0.5) is 4.39 Å². The minimum absolute atomic E-state index is 0.109. The van der Waals surface area contributed by atoms with Crippen molar-refractivity contribution < 1.29 is 4.39 Å². The SMILES string of the molecule is Fc1ccccc1CNCCCCN1CCCC1. The fourth-order valence-electron chi connectivity index (χ4n) is 2.46. The van der Waals surface area contributed by atoms with Crippen LogP contribution in [0.2, 0.25) is 0 Å². The first kappa shape index (κ1) is 13.5. The summed E-state index contributed by atoms with van der Waals surface area (Å²) in [5.74, 6) is -0.109. The maximum absolute atomic E-state index is 13.3. The van der Waals surface area contributed by atoms with Gasteiger partial charge in [0.1, 0.15) is 5.82 Å². The summed E-state index contributed by atoms with van der Waals surface area (Å²) in [7, 11) is 0. The Bertz CT molecular complexity index is 348. The van der Waals surface area contributed by atoms with Crippen molar-refractivity contribution in [2.75, 3.05) is 26.2 Å². The van der Waals surface area contributed by atoms with E-state index in [1.807, 2.05) is 12.1 Å². The van der Waals surface area contributed by atoms with E-state index in [1.54, 1.807) is 6.07 Å². The molecular formula is C15H23FN2. The van der Waals surface area contributed by atoms with Crippen molar-refractivity contribution in [3.05, 3.63) is 35.6 Å². The van der Waals surface area contributed by atoms with Gasteiger partial charge in [0.25, 0.3) is 0 Å². The van der Waals surface area contributed by atoms with Crippen molar-refractivity contribution in [2.24, 2.45) is 0 Å². The first-order valence-electron chi connectivity index (χ1n) is 7.03. The van der Waals surface area contributed by atoms with Gasteiger partial charge in [-0.3, -0.25) is 0 Å². The molecule has 0 aromatic heterocycles. The maximum atomic E-state index is 13.3. The Hall–Kier alpha value is -0.930. The predicted octanol–water partition coefficient (Wildman–Crippen LogP) is 2.79. The van der Waals surface area contributed by atoms with E-state index in [2.05, 4.69) is 10.2 Å². The van der Waals surface area contributed by atoms with Crippen molar-refractivity contribution in [3.8, 4) is 0 Å². The minimum atomic E-state index is -0.109. The molecule has 0 unspecified atom stereocenters. The Labute approximate surface area is 109 Å². The Morgan fingerprint density at radius 1 is 1.11 bits per heavy atom. The molecule has 1 N–H and O–H groups in total. The third-order valence-corrected chi connectivity index (χ3v) is 3.55. The van der Waals surface area contributed by atoms with Crippen molar-refractivity contribution in [1.82, 2.24) is 10.2 Å². The molecule has 0 spiro atoms. The molecule has 0 atom stereocenters. The normalized spacial score (nSPS) is 16.3. The summed E-state index contributed by atoms with van der Waals surface area (Å²) in [6.45, 7) is 5.39. The summed E-state index contributed by atoms with van der Waals surface area (Å²) in [4.78, 5) is 2.54. The fourth-order valence-corrected chi connectivity index (χ4v) is 2.46. The van der Waals surface area contributed by atoms with Crippen molar-refractivity contribution >= 4 is 0 Å². The van der Waals surface area contributed by atoms with Gasteiger partial charge in [0.2, 0.25) is 0 Å². The van der Waals surface area contributed by atoms with Gasteiger partial charge in [-0.15, -0.1) is 0 Å². The van der Waals surface area contributed by atoms with E-state index in [4.69, 9.17) is 0 Å². The molecule has 1 aromatic carbocycles. The van der Waals surface area contributed by atoms with Crippen molar-refractivity contribution in [1.29, 1.82) is 0 Å². The first-order chi connectivity index (χ1) is 8.86. The molecule has 1 aliphatic heterocycles. The molecule has 0 amide bonds. The molecule has 2 rings (SSSR count). The third kappa shape index (κ3) is 4.39. The Morgan fingerprint density at radius 2 is 1.89 bits per heavy atom. The van der Waals surface area contributed by atoms with Crippen LogP contribution in [0.15, 0.2) is 24.3 Å². The summed E-state index contributed by atoms with van der Waals surface area (Å²) in [5, 5.41) is 3.31. The van der Waals surface area contributed by atoms with Gasteiger partial charge < -0.3 is 10.2 Å². The zero-order valence-corrected chi connectivity index (χ0v) is 11.0. The zero-order chi connectivity index (χ0) is 12.6. The fraction of sp³-hybridized carbons (Fsp3) is 0.600. The van der Waals surface area contributed by atoms with Gasteiger partial charge in [-0.05, 0) is 57.9 Å². The molecule has 18 heavy (non-hydrogen) atoms. The number of likely N-dealkylation sites (tertiary alicyclic amines) is 1. The molecule has 0 saturated carbocycles. The van der Waals surface area contributed by atoms with E-state index < -0.39 is 0 Å². The lowest BCUT2D eigenvalue weighted by Crippen LogP contribution is -2.22. The molecule has 2 nitrogen and oxygen atoms in total. The van der Waals surface area contributed by atoms with Crippen LogP contribution in [0.5, 0.6) is 0 Å². The molecular weight excluding hydrogens is 227 g/mol. The van der Waals surface area contributed by atoms with Crippen LogP contribution in [0.3, 0.4) is 0 Å². The zero-order valence-electron chi connectivity index (χ0n) is 11.0. The molecule has 1 fully saturated rings. The van der Waals surface area contributed by atoms with E-state index in [0.29, 0.717) is 6.54 Å². The second kappa shape index (κ2) is 7.49. The molecule has 3 heteroatoms. The number of rotatable bonds is 7. The van der Waals surface area contributed by atoms with Crippen LogP contribution in [-0.2, 0) is 6.54 Å². The van der Waals surface area contributed by atoms with Gasteiger partial charge in [-0.1, -0.05) is 18.2 Å². The lowest BCUT2D eigenvalue weighted by atomic mass is 10.2. The van der Waals surface area contributed by atoms with Gasteiger partial charge in [0.15, 0.2) is 0 Å². The number of nitrogens with zero attached hydrogens (tertiary/aromatic N) is 1. The van der Waals surface area contributed by atoms with Crippen LogP contribution in [0.1, 0.15) is 31.2 Å². The lowest BCUT2D eigenvalue weighted by molar-refractivity contribution is 0.329. The molecule has 1 aliphatic rings. The number of benzene rings is 1. The smallest absolute Gasteiger partial charge is 0.127 e. The van der Waals surface area contributed by atoms with Crippen molar-refractivity contribution in [2.45, 2.75) is 32.2 Å². The number of halogens is 1. The highest BCUT2D eigenvalue weighted by Crippen LogP contribution is 2.08. The van der Waals surface area contributed by atoms with E-state index in [-0.39, 0.29) is 5.82 Å². The predicted molar refractivity (Wildman–Crippen MR) is 73.0 cm³/mol. The summed E-state index contributed by atoms with van der Waals surface area (Å²) in [6, 6.07) is 6.97. The van der Waals surface area contributed by atoms with Gasteiger partial charge >= 0.3 is 0 Å². The number of unbranched alkanes of at least 4 members (excludes halogenated alkanes) is 1. The first-order valence-corrected chi connectivity index (χ1v) is 7.03. The highest BCUT2D eigenvalue weighted by atomic mass is 19.1. The molecule has 1 saturated heterocycles. The second-order valence-electron chi connectivity index (χ2n) is 5.02. The quantitative estimate of drug-likeness (QED) is 0.749. The van der Waals surface area contributed by atoms with E-state index >= 15 is 0 Å². The summed E-state index contributed by atoms with van der Waals surface area (Å²) in [5.41, 5.74) is 0.761. The number of hydrogen-bond donors (Lipinski definition) is 1. The van der Waals surface area contributed by atoms with Crippen LogP contribution in [0, 0.1) is 5.82 Å². The van der Waals surface area contributed by atoms with Gasteiger partial charge in [-0.25, -0.2) is 4.39 Å². The van der Waals surface area contributed by atoms with Gasteiger partial charge in [-0.2, -0.15) is 0 Å². The number of hydrogen-bond acceptors (Lipinski definition) is 2. The lowest BCUT2D eigenvalue weighted by Gasteiger charge is -2.14. The maximum Gasteiger partial charge on any atom is 0.127 e.